The Labute approximate surface area is 137 Å². The third kappa shape index (κ3) is 7.12. The second kappa shape index (κ2) is 8.63. The van der Waals surface area contributed by atoms with Gasteiger partial charge in [-0.05, 0) is 5.92 Å². The minimum absolute atomic E-state index is 0.0265. The van der Waals surface area contributed by atoms with E-state index in [1.165, 1.54) is 0 Å². The van der Waals surface area contributed by atoms with E-state index in [1.54, 1.807) is 13.8 Å². The maximum atomic E-state index is 11.1. The molecule has 0 aromatic carbocycles. The zero-order chi connectivity index (χ0) is 18.7. The third-order valence-electron chi connectivity index (χ3n) is 2.91. The first kappa shape index (κ1) is 22.1. The van der Waals surface area contributed by atoms with E-state index in [0.717, 1.165) is 0 Å². The molecule has 0 aromatic rings. The van der Waals surface area contributed by atoms with E-state index < -0.39 is 53.0 Å². The molecule has 0 saturated carbocycles. The average Bonchev–Trinajstić information content (AvgIpc) is 2.39. The third-order valence-corrected chi connectivity index (χ3v) is 3.94. The lowest BCUT2D eigenvalue weighted by Crippen LogP contribution is -2.60. The van der Waals surface area contributed by atoms with Crippen LogP contribution in [-0.2, 0) is 27.7 Å². The molecule has 1 aliphatic heterocycles. The summed E-state index contributed by atoms with van der Waals surface area (Å²) in [4.78, 5) is 35.7. The lowest BCUT2D eigenvalue weighted by molar-refractivity contribution is -0.297. The van der Waals surface area contributed by atoms with E-state index >= 15 is 0 Å². The van der Waals surface area contributed by atoms with E-state index in [1.807, 2.05) is 0 Å². The Bertz CT molecular complexity index is 486. The summed E-state index contributed by atoms with van der Waals surface area (Å²) in [6.45, 7) is 2.86. The van der Waals surface area contributed by atoms with Gasteiger partial charge in [0.1, 0.15) is 24.4 Å². The van der Waals surface area contributed by atoms with Gasteiger partial charge in [0.2, 0.25) is 0 Å². The van der Waals surface area contributed by atoms with E-state index in [0.29, 0.717) is 0 Å². The number of hydrogen-bond donors (Lipinski definition) is 6. The normalized spacial score (nSPS) is 32.3. The van der Waals surface area contributed by atoms with Crippen LogP contribution in [0.15, 0.2) is 0 Å². The molecule has 1 fully saturated rings. The van der Waals surface area contributed by atoms with Crippen LogP contribution in [0.3, 0.4) is 0 Å². The van der Waals surface area contributed by atoms with Crippen LogP contribution in [0.1, 0.15) is 13.8 Å². The maximum Gasteiger partial charge on any atom is 0.470 e. The molecule has 1 aliphatic rings. The van der Waals surface area contributed by atoms with Crippen molar-refractivity contribution in [2.24, 2.45) is 5.92 Å². The molecule has 144 valence electrons. The number of rotatable bonds is 8. The molecule has 0 unspecified atom stereocenters. The van der Waals surface area contributed by atoms with Gasteiger partial charge >= 0.3 is 15.6 Å². The molecular weight excluding hydrogens is 374 g/mol. The summed E-state index contributed by atoms with van der Waals surface area (Å²) in [6.07, 6.45) is -8.51. The average molecular weight is 396 g/mol. The van der Waals surface area contributed by atoms with Crippen LogP contribution in [0.4, 0.5) is 0 Å². The van der Waals surface area contributed by atoms with E-state index in [9.17, 15) is 19.3 Å². The fourth-order valence-electron chi connectivity index (χ4n) is 2.03. The largest absolute Gasteiger partial charge is 0.470 e. The van der Waals surface area contributed by atoms with Gasteiger partial charge in [-0.2, -0.15) is 0 Å². The first-order chi connectivity index (χ1) is 10.8. The quantitative estimate of drug-likeness (QED) is 0.266. The Hall–Kier alpha value is 0.0600. The minimum atomic E-state index is -5.16. The zero-order valence-electron chi connectivity index (χ0n) is 12.9. The van der Waals surface area contributed by atoms with Gasteiger partial charge < -0.3 is 39.3 Å². The fourth-order valence-corrected chi connectivity index (χ4v) is 3.16. The van der Waals surface area contributed by atoms with Crippen LogP contribution < -0.4 is 0 Å². The Morgan fingerprint density at radius 3 is 1.96 bits per heavy atom. The van der Waals surface area contributed by atoms with Crippen molar-refractivity contribution in [3.05, 3.63) is 0 Å². The zero-order valence-corrected chi connectivity index (χ0v) is 14.7. The van der Waals surface area contributed by atoms with Gasteiger partial charge in [0.25, 0.3) is 0 Å². The van der Waals surface area contributed by atoms with Crippen LogP contribution >= 0.6 is 15.6 Å². The fraction of sp³-hybridized carbons (Fsp3) is 1.00. The summed E-state index contributed by atoms with van der Waals surface area (Å²) in [5.74, 6) is 0.0265. The molecule has 0 spiro atoms. The number of ether oxygens (including phenoxy) is 2. The van der Waals surface area contributed by atoms with Crippen molar-refractivity contribution in [1.29, 1.82) is 0 Å². The van der Waals surface area contributed by atoms with Crippen molar-refractivity contribution in [1.82, 2.24) is 0 Å². The second-order valence-electron chi connectivity index (χ2n) is 5.56. The predicted octanol–water partition coefficient (Wildman–Crippen LogP) is -1.31. The number of hydrogen-bond acceptors (Lipinski definition) is 8. The number of phosphoric ester groups is 2. The molecule has 14 heteroatoms. The van der Waals surface area contributed by atoms with Crippen molar-refractivity contribution in [3.63, 3.8) is 0 Å². The van der Waals surface area contributed by atoms with Crippen molar-refractivity contribution in [3.8, 4) is 0 Å². The highest BCUT2D eigenvalue weighted by atomic mass is 31.2. The number of aliphatic hydroxyl groups excluding tert-OH is 2. The van der Waals surface area contributed by atoms with Gasteiger partial charge in [0, 0.05) is 0 Å². The lowest BCUT2D eigenvalue weighted by Gasteiger charge is -2.43. The summed E-state index contributed by atoms with van der Waals surface area (Å²) in [6, 6.07) is 0. The van der Waals surface area contributed by atoms with Crippen LogP contribution in [0.2, 0.25) is 0 Å². The van der Waals surface area contributed by atoms with Crippen molar-refractivity contribution < 1.29 is 57.4 Å². The molecule has 24 heavy (non-hydrogen) atoms. The highest BCUT2D eigenvalue weighted by molar-refractivity contribution is 7.46. The van der Waals surface area contributed by atoms with Crippen LogP contribution in [0.5, 0.6) is 0 Å². The van der Waals surface area contributed by atoms with Crippen LogP contribution in [0, 0.1) is 5.92 Å². The van der Waals surface area contributed by atoms with Gasteiger partial charge in [-0.15, -0.1) is 0 Å². The summed E-state index contributed by atoms with van der Waals surface area (Å²) in [7, 11) is -10.3. The van der Waals surface area contributed by atoms with Gasteiger partial charge in [-0.25, -0.2) is 9.13 Å². The first-order valence-corrected chi connectivity index (χ1v) is 9.94. The highest BCUT2D eigenvalue weighted by Gasteiger charge is 2.51. The molecule has 0 radical (unpaired) electrons. The van der Waals surface area contributed by atoms with E-state index in [4.69, 9.17) is 29.0 Å². The summed E-state index contributed by atoms with van der Waals surface area (Å²) in [5.41, 5.74) is 0. The first-order valence-electron chi connectivity index (χ1n) is 6.88. The molecule has 0 aromatic heterocycles. The molecule has 0 amide bonds. The molecule has 5 atom stereocenters. The Morgan fingerprint density at radius 1 is 1.04 bits per heavy atom. The van der Waals surface area contributed by atoms with E-state index in [2.05, 4.69) is 9.05 Å². The molecule has 6 N–H and O–H groups in total. The van der Waals surface area contributed by atoms with Crippen molar-refractivity contribution in [2.45, 2.75) is 44.6 Å². The van der Waals surface area contributed by atoms with Gasteiger partial charge in [0.05, 0.1) is 13.2 Å². The Balaban J connectivity index is 3.07. The monoisotopic (exact) mass is 396 g/mol. The standard InChI is InChI=1S/C10H22O12P2/c1-5(2)4-19-10-7(12)9(22-24(16,17)18)8(6(3-11)20-10)21-23(13,14)15/h5-12H,3-4H2,1-2H3,(H2,13,14,15)(H2,16,17,18)/t6-,7-,8+,9-,10-/m1/s1. The summed E-state index contributed by atoms with van der Waals surface area (Å²) < 4.78 is 41.3. The molecule has 1 rings (SSSR count). The van der Waals surface area contributed by atoms with Gasteiger partial charge in [-0.3, -0.25) is 9.05 Å². The molecule has 12 nitrogen and oxygen atoms in total. The van der Waals surface area contributed by atoms with Crippen LogP contribution in [-0.4, -0.2) is 73.7 Å². The molecule has 1 saturated heterocycles. The Morgan fingerprint density at radius 2 is 1.54 bits per heavy atom. The van der Waals surface area contributed by atoms with Crippen molar-refractivity contribution in [2.75, 3.05) is 13.2 Å². The second-order valence-corrected chi connectivity index (χ2v) is 7.95. The summed E-state index contributed by atoms with van der Waals surface area (Å²) >= 11 is 0. The van der Waals surface area contributed by atoms with Gasteiger partial charge in [-0.1, -0.05) is 13.8 Å². The summed E-state index contributed by atoms with van der Waals surface area (Å²) in [5, 5.41) is 19.5. The van der Waals surface area contributed by atoms with Crippen LogP contribution in [0.25, 0.3) is 0 Å². The van der Waals surface area contributed by atoms with E-state index in [-0.39, 0.29) is 12.5 Å². The number of phosphoric acid groups is 2. The predicted molar refractivity (Wildman–Crippen MR) is 76.4 cm³/mol. The Kier molecular flexibility index (Phi) is 7.95. The highest BCUT2D eigenvalue weighted by Crippen LogP contribution is 2.46. The molecular formula is C10H22O12P2. The maximum absolute atomic E-state index is 11.1. The molecule has 0 bridgehead atoms. The SMILES string of the molecule is CC(C)CO[C@@H]1O[C@H](CO)[C@H](OP(=O)(O)O)[C@H](OP(=O)(O)O)[C@H]1O. The smallest absolute Gasteiger partial charge is 0.394 e. The topological polar surface area (TPSA) is 192 Å². The minimum Gasteiger partial charge on any atom is -0.394 e. The number of aliphatic hydroxyl groups is 2. The molecule has 0 aliphatic carbocycles. The lowest BCUT2D eigenvalue weighted by atomic mass is 9.99. The van der Waals surface area contributed by atoms with Gasteiger partial charge in [0.15, 0.2) is 6.29 Å². The van der Waals surface area contributed by atoms with Crippen molar-refractivity contribution >= 4 is 15.6 Å². The molecule has 1 heterocycles.